The second-order valence-electron chi connectivity index (χ2n) is 6.00. The number of rotatable bonds is 3. The molecule has 2 atom stereocenters. The van der Waals surface area contributed by atoms with Crippen LogP contribution in [0.15, 0.2) is 0 Å². The Hall–Kier alpha value is -0.120. The van der Waals surface area contributed by atoms with Crippen molar-refractivity contribution in [1.82, 2.24) is 4.90 Å². The van der Waals surface area contributed by atoms with Gasteiger partial charge in [-0.1, -0.05) is 19.8 Å². The van der Waals surface area contributed by atoms with E-state index in [1.807, 2.05) is 0 Å². The highest BCUT2D eigenvalue weighted by Crippen LogP contribution is 2.33. The van der Waals surface area contributed by atoms with Gasteiger partial charge in [0.1, 0.15) is 0 Å². The maximum Gasteiger partial charge on any atom is 0.0484 e. The molecule has 0 aromatic carbocycles. The average Bonchev–Trinajstić information content (AvgIpc) is 2.79. The van der Waals surface area contributed by atoms with Crippen LogP contribution in [0.4, 0.5) is 0 Å². The molecule has 0 bridgehead atoms. The van der Waals surface area contributed by atoms with Gasteiger partial charge in [0.05, 0.1) is 0 Å². The standard InChI is InChI=1S/C15H30N2O/c1-2-14-7-4-3-5-10-17(14)15(13-16)8-6-11-18-12-9-15/h14H,2-13,16H2,1H3. The Morgan fingerprint density at radius 2 is 2.06 bits per heavy atom. The van der Waals surface area contributed by atoms with Gasteiger partial charge < -0.3 is 10.5 Å². The molecule has 2 fully saturated rings. The Balaban J connectivity index is 2.15. The molecule has 2 saturated heterocycles. The third kappa shape index (κ3) is 3.06. The van der Waals surface area contributed by atoms with Crippen molar-refractivity contribution < 1.29 is 4.74 Å². The molecule has 2 aliphatic rings. The zero-order chi connectivity index (χ0) is 12.8. The number of nitrogens with two attached hydrogens (primary N) is 1. The Bertz CT molecular complexity index is 237. The average molecular weight is 254 g/mol. The fourth-order valence-electron chi connectivity index (χ4n) is 3.83. The normalized spacial score (nSPS) is 36.0. The summed E-state index contributed by atoms with van der Waals surface area (Å²) in [6.07, 6.45) is 10.3. The van der Waals surface area contributed by atoms with Crippen molar-refractivity contribution in [1.29, 1.82) is 0 Å². The van der Waals surface area contributed by atoms with Crippen molar-refractivity contribution in [2.75, 3.05) is 26.3 Å². The summed E-state index contributed by atoms with van der Waals surface area (Å²) in [4.78, 5) is 2.77. The Morgan fingerprint density at radius 1 is 1.17 bits per heavy atom. The summed E-state index contributed by atoms with van der Waals surface area (Å²) in [5, 5.41) is 0. The summed E-state index contributed by atoms with van der Waals surface area (Å²) in [5.41, 5.74) is 6.43. The van der Waals surface area contributed by atoms with Crippen molar-refractivity contribution in [2.24, 2.45) is 5.73 Å². The molecule has 3 heteroatoms. The first-order valence-electron chi connectivity index (χ1n) is 7.87. The molecule has 0 spiro atoms. The largest absolute Gasteiger partial charge is 0.381 e. The van der Waals surface area contributed by atoms with E-state index in [0.717, 1.165) is 32.2 Å². The van der Waals surface area contributed by atoms with Gasteiger partial charge in [-0.15, -0.1) is 0 Å². The molecule has 2 N–H and O–H groups in total. The van der Waals surface area contributed by atoms with Gasteiger partial charge >= 0.3 is 0 Å². The number of nitrogens with zero attached hydrogens (tertiary/aromatic N) is 1. The van der Waals surface area contributed by atoms with E-state index in [4.69, 9.17) is 10.5 Å². The van der Waals surface area contributed by atoms with Crippen LogP contribution in [-0.2, 0) is 4.74 Å². The molecule has 2 aliphatic heterocycles. The van der Waals surface area contributed by atoms with Crippen molar-refractivity contribution in [3.8, 4) is 0 Å². The van der Waals surface area contributed by atoms with Crippen molar-refractivity contribution in [2.45, 2.75) is 69.9 Å². The first-order valence-corrected chi connectivity index (χ1v) is 7.87. The topological polar surface area (TPSA) is 38.5 Å². The van der Waals surface area contributed by atoms with Gasteiger partial charge in [-0.3, -0.25) is 4.90 Å². The summed E-state index contributed by atoms with van der Waals surface area (Å²) in [6, 6.07) is 0.745. The molecule has 0 aliphatic carbocycles. The first kappa shape index (κ1) is 14.3. The Morgan fingerprint density at radius 3 is 2.83 bits per heavy atom. The van der Waals surface area contributed by atoms with E-state index in [0.29, 0.717) is 0 Å². The van der Waals surface area contributed by atoms with Crippen LogP contribution in [0.5, 0.6) is 0 Å². The number of likely N-dealkylation sites (tertiary alicyclic amines) is 1. The summed E-state index contributed by atoms with van der Waals surface area (Å²) in [7, 11) is 0. The van der Waals surface area contributed by atoms with Gasteiger partial charge in [0.15, 0.2) is 0 Å². The van der Waals surface area contributed by atoms with Crippen LogP contribution in [0.3, 0.4) is 0 Å². The van der Waals surface area contributed by atoms with Gasteiger partial charge in [0, 0.05) is 31.3 Å². The molecule has 3 nitrogen and oxygen atoms in total. The van der Waals surface area contributed by atoms with Gasteiger partial charge in [0.2, 0.25) is 0 Å². The maximum absolute atomic E-state index is 6.21. The number of hydrogen-bond donors (Lipinski definition) is 1. The first-order chi connectivity index (χ1) is 8.82. The monoisotopic (exact) mass is 254 g/mol. The second-order valence-corrected chi connectivity index (χ2v) is 6.00. The van der Waals surface area contributed by atoms with Crippen LogP contribution in [0.1, 0.15) is 58.3 Å². The van der Waals surface area contributed by atoms with Crippen molar-refractivity contribution in [3.63, 3.8) is 0 Å². The van der Waals surface area contributed by atoms with E-state index < -0.39 is 0 Å². The quantitative estimate of drug-likeness (QED) is 0.841. The summed E-state index contributed by atoms with van der Waals surface area (Å²) in [6.45, 7) is 6.19. The van der Waals surface area contributed by atoms with Crippen LogP contribution in [0, 0.1) is 0 Å². The molecule has 2 rings (SSSR count). The molecule has 106 valence electrons. The minimum Gasteiger partial charge on any atom is -0.381 e. The summed E-state index contributed by atoms with van der Waals surface area (Å²) in [5.74, 6) is 0. The molecule has 18 heavy (non-hydrogen) atoms. The lowest BCUT2D eigenvalue weighted by molar-refractivity contribution is 0.0295. The molecule has 0 aromatic rings. The van der Waals surface area contributed by atoms with E-state index in [1.165, 1.54) is 51.5 Å². The zero-order valence-corrected chi connectivity index (χ0v) is 12.0. The lowest BCUT2D eigenvalue weighted by Crippen LogP contribution is -2.57. The number of hydrogen-bond acceptors (Lipinski definition) is 3. The van der Waals surface area contributed by atoms with E-state index in [2.05, 4.69) is 11.8 Å². The smallest absolute Gasteiger partial charge is 0.0484 e. The van der Waals surface area contributed by atoms with Gasteiger partial charge in [-0.2, -0.15) is 0 Å². The SMILES string of the molecule is CCC1CCCCCN1C1(CN)CCCOCC1. The molecule has 2 heterocycles. The molecular weight excluding hydrogens is 224 g/mol. The van der Waals surface area contributed by atoms with Crippen LogP contribution in [0.2, 0.25) is 0 Å². The van der Waals surface area contributed by atoms with Crippen LogP contribution in [-0.4, -0.2) is 42.8 Å². The van der Waals surface area contributed by atoms with Crippen LogP contribution in [0.25, 0.3) is 0 Å². The lowest BCUT2D eigenvalue weighted by Gasteiger charge is -2.46. The van der Waals surface area contributed by atoms with Crippen LogP contribution >= 0.6 is 0 Å². The molecule has 0 aromatic heterocycles. The highest BCUT2D eigenvalue weighted by atomic mass is 16.5. The van der Waals surface area contributed by atoms with Crippen LogP contribution < -0.4 is 5.73 Å². The third-order valence-corrected chi connectivity index (χ3v) is 4.98. The molecule has 0 radical (unpaired) electrons. The second kappa shape index (κ2) is 6.88. The molecule has 0 saturated carbocycles. The van der Waals surface area contributed by atoms with Gasteiger partial charge in [-0.25, -0.2) is 0 Å². The predicted molar refractivity (Wildman–Crippen MR) is 75.7 cm³/mol. The van der Waals surface area contributed by atoms with E-state index in [-0.39, 0.29) is 5.54 Å². The minimum atomic E-state index is 0.224. The minimum absolute atomic E-state index is 0.224. The van der Waals surface area contributed by atoms with E-state index in [1.54, 1.807) is 0 Å². The van der Waals surface area contributed by atoms with Crippen molar-refractivity contribution >= 4 is 0 Å². The lowest BCUT2D eigenvalue weighted by atomic mass is 9.86. The molecule has 2 unspecified atom stereocenters. The zero-order valence-electron chi connectivity index (χ0n) is 12.0. The fourth-order valence-corrected chi connectivity index (χ4v) is 3.83. The van der Waals surface area contributed by atoms with Gasteiger partial charge in [0.25, 0.3) is 0 Å². The molecular formula is C15H30N2O. The maximum atomic E-state index is 6.21. The number of ether oxygens (including phenoxy) is 1. The predicted octanol–water partition coefficient (Wildman–Crippen LogP) is 2.54. The fraction of sp³-hybridized carbons (Fsp3) is 1.00. The van der Waals surface area contributed by atoms with E-state index >= 15 is 0 Å². The van der Waals surface area contributed by atoms with Crippen molar-refractivity contribution in [3.05, 3.63) is 0 Å². The summed E-state index contributed by atoms with van der Waals surface area (Å²) >= 11 is 0. The summed E-state index contributed by atoms with van der Waals surface area (Å²) < 4.78 is 5.66. The van der Waals surface area contributed by atoms with Gasteiger partial charge in [-0.05, 0) is 45.1 Å². The molecule has 0 amide bonds. The Labute approximate surface area is 112 Å². The highest BCUT2D eigenvalue weighted by molar-refractivity contribution is 4.96. The Kier molecular flexibility index (Phi) is 5.46. The third-order valence-electron chi connectivity index (χ3n) is 4.98. The highest BCUT2D eigenvalue weighted by Gasteiger charge is 2.39. The van der Waals surface area contributed by atoms with E-state index in [9.17, 15) is 0 Å².